The molecule has 2 aromatic carbocycles. The number of rotatable bonds is 5. The van der Waals surface area contributed by atoms with Crippen LogP contribution in [0.5, 0.6) is 0 Å². The van der Waals surface area contributed by atoms with Gasteiger partial charge in [-0.2, -0.15) is 13.2 Å². The Morgan fingerprint density at radius 3 is 2.72 bits per heavy atom. The molecule has 0 bridgehead atoms. The van der Waals surface area contributed by atoms with Crippen LogP contribution in [0.2, 0.25) is 0 Å². The number of carbonyl (C=O) groups excluding carboxylic acids is 1. The normalized spacial score (nSPS) is 16.3. The molecule has 36 heavy (non-hydrogen) atoms. The van der Waals surface area contributed by atoms with Gasteiger partial charge in [0.15, 0.2) is 5.65 Å². The standard InChI is InChI=1S/C26H25F3N6O/c1-17-7-9-21(10-8-17)35-15-22-23(33-35)31-16-32-24(22)34-11-3-5-19(14-34)25(36)30-13-18-4-2-6-20(12-18)26(27,28)29/h2,4,6-10,12,15-16,19H,3,5,11,13-14H2,1H3,(H,30,36). The topological polar surface area (TPSA) is 75.9 Å². The quantitative estimate of drug-likeness (QED) is 0.436. The van der Waals surface area contributed by atoms with Crippen LogP contribution >= 0.6 is 0 Å². The number of aryl methyl sites for hydroxylation is 1. The summed E-state index contributed by atoms with van der Waals surface area (Å²) in [5, 5.41) is 8.19. The van der Waals surface area contributed by atoms with E-state index in [2.05, 4.69) is 25.3 Å². The number of amides is 1. The predicted octanol–water partition coefficient (Wildman–Crippen LogP) is 4.68. The fourth-order valence-corrected chi connectivity index (χ4v) is 4.48. The third-order valence-corrected chi connectivity index (χ3v) is 6.41. The lowest BCUT2D eigenvalue weighted by Gasteiger charge is -2.33. The second-order valence-corrected chi connectivity index (χ2v) is 9.04. The first kappa shape index (κ1) is 23.8. The van der Waals surface area contributed by atoms with Gasteiger partial charge in [0.05, 0.1) is 22.6 Å². The molecule has 4 aromatic rings. The van der Waals surface area contributed by atoms with Crippen molar-refractivity contribution < 1.29 is 18.0 Å². The number of carbonyl (C=O) groups is 1. The lowest BCUT2D eigenvalue weighted by molar-refractivity contribution is -0.137. The van der Waals surface area contributed by atoms with Crippen LogP contribution in [0.1, 0.15) is 29.5 Å². The van der Waals surface area contributed by atoms with Crippen molar-refractivity contribution in [1.82, 2.24) is 25.1 Å². The van der Waals surface area contributed by atoms with Crippen molar-refractivity contribution in [1.29, 1.82) is 0 Å². The average Bonchev–Trinajstić information content (AvgIpc) is 3.32. The summed E-state index contributed by atoms with van der Waals surface area (Å²) in [6.45, 7) is 3.26. The first-order chi connectivity index (χ1) is 17.3. The Morgan fingerprint density at radius 1 is 1.14 bits per heavy atom. The molecule has 1 fully saturated rings. The van der Waals surface area contributed by atoms with Gasteiger partial charge in [-0.25, -0.2) is 14.6 Å². The molecular weight excluding hydrogens is 469 g/mol. The van der Waals surface area contributed by atoms with Crippen molar-refractivity contribution in [2.75, 3.05) is 18.0 Å². The molecule has 0 aliphatic carbocycles. The van der Waals surface area contributed by atoms with Gasteiger partial charge in [0.2, 0.25) is 5.91 Å². The smallest absolute Gasteiger partial charge is 0.355 e. The zero-order chi connectivity index (χ0) is 25.3. The summed E-state index contributed by atoms with van der Waals surface area (Å²) in [6.07, 6.45) is 0.440. The Hall–Kier alpha value is -3.95. The van der Waals surface area contributed by atoms with Gasteiger partial charge in [-0.05, 0) is 49.6 Å². The third kappa shape index (κ3) is 5.02. The van der Waals surface area contributed by atoms with E-state index in [1.807, 2.05) is 37.4 Å². The molecule has 2 aromatic heterocycles. The summed E-state index contributed by atoms with van der Waals surface area (Å²) < 4.78 is 40.7. The summed E-state index contributed by atoms with van der Waals surface area (Å²) >= 11 is 0. The van der Waals surface area contributed by atoms with Crippen molar-refractivity contribution in [3.63, 3.8) is 0 Å². The van der Waals surface area contributed by atoms with E-state index >= 15 is 0 Å². The molecule has 10 heteroatoms. The van der Waals surface area contributed by atoms with Gasteiger partial charge in [-0.3, -0.25) is 4.79 Å². The minimum atomic E-state index is -4.42. The van der Waals surface area contributed by atoms with Gasteiger partial charge in [0.1, 0.15) is 12.1 Å². The van der Waals surface area contributed by atoms with Crippen molar-refractivity contribution in [2.45, 2.75) is 32.5 Å². The second-order valence-electron chi connectivity index (χ2n) is 9.04. The highest BCUT2D eigenvalue weighted by Crippen LogP contribution is 2.30. The van der Waals surface area contributed by atoms with Gasteiger partial charge in [0.25, 0.3) is 0 Å². The molecule has 3 heterocycles. The van der Waals surface area contributed by atoms with Crippen LogP contribution in [0.25, 0.3) is 16.7 Å². The lowest BCUT2D eigenvalue weighted by Crippen LogP contribution is -2.43. The third-order valence-electron chi connectivity index (χ3n) is 6.41. The number of nitrogens with zero attached hydrogens (tertiary/aromatic N) is 5. The monoisotopic (exact) mass is 494 g/mol. The molecule has 0 spiro atoms. The molecule has 0 radical (unpaired) electrons. The van der Waals surface area contributed by atoms with E-state index < -0.39 is 11.7 Å². The van der Waals surface area contributed by atoms with Crippen molar-refractivity contribution >= 4 is 22.8 Å². The highest BCUT2D eigenvalue weighted by molar-refractivity contribution is 5.87. The molecule has 186 valence electrons. The largest absolute Gasteiger partial charge is 0.416 e. The highest BCUT2D eigenvalue weighted by atomic mass is 19.4. The van der Waals surface area contributed by atoms with E-state index in [4.69, 9.17) is 0 Å². The molecule has 1 amide bonds. The van der Waals surface area contributed by atoms with Gasteiger partial charge in [-0.15, -0.1) is 5.10 Å². The molecular formula is C26H25F3N6O. The summed E-state index contributed by atoms with van der Waals surface area (Å²) in [5.74, 6) is 0.230. The van der Waals surface area contributed by atoms with Gasteiger partial charge < -0.3 is 10.2 Å². The number of anilines is 1. The highest BCUT2D eigenvalue weighted by Gasteiger charge is 2.31. The van der Waals surface area contributed by atoms with E-state index in [1.165, 1.54) is 12.4 Å². The summed E-state index contributed by atoms with van der Waals surface area (Å²) in [6, 6.07) is 13.0. The molecule has 5 rings (SSSR count). The van der Waals surface area contributed by atoms with Crippen LogP contribution < -0.4 is 10.2 Å². The Morgan fingerprint density at radius 2 is 1.94 bits per heavy atom. The van der Waals surface area contributed by atoms with E-state index in [0.29, 0.717) is 30.0 Å². The number of benzene rings is 2. The minimum Gasteiger partial charge on any atom is -0.355 e. The summed E-state index contributed by atoms with van der Waals surface area (Å²) in [7, 11) is 0. The lowest BCUT2D eigenvalue weighted by atomic mass is 9.97. The molecule has 1 aliphatic heterocycles. The van der Waals surface area contributed by atoms with Gasteiger partial charge >= 0.3 is 6.18 Å². The Balaban J connectivity index is 1.30. The number of alkyl halides is 3. The van der Waals surface area contributed by atoms with Crippen LogP contribution in [0.15, 0.2) is 61.1 Å². The molecule has 1 saturated heterocycles. The van der Waals surface area contributed by atoms with Crippen LogP contribution in [0, 0.1) is 12.8 Å². The minimum absolute atomic E-state index is 0.0420. The second kappa shape index (κ2) is 9.60. The number of hydrogen-bond acceptors (Lipinski definition) is 5. The zero-order valence-electron chi connectivity index (χ0n) is 19.7. The van der Waals surface area contributed by atoms with Crippen LogP contribution in [0.3, 0.4) is 0 Å². The van der Waals surface area contributed by atoms with Crippen LogP contribution in [0.4, 0.5) is 19.0 Å². The van der Waals surface area contributed by atoms with Crippen LogP contribution in [-0.2, 0) is 17.5 Å². The van der Waals surface area contributed by atoms with E-state index in [0.717, 1.165) is 41.7 Å². The number of fused-ring (bicyclic) bond motifs is 1. The summed E-state index contributed by atoms with van der Waals surface area (Å²) in [4.78, 5) is 23.8. The summed E-state index contributed by atoms with van der Waals surface area (Å²) in [5.41, 5.74) is 2.32. The van der Waals surface area contributed by atoms with Crippen molar-refractivity contribution in [3.8, 4) is 5.69 Å². The number of hydrogen-bond donors (Lipinski definition) is 1. The number of aromatic nitrogens is 4. The van der Waals surface area contributed by atoms with Gasteiger partial charge in [-0.1, -0.05) is 29.8 Å². The maximum atomic E-state index is 13.0. The molecule has 1 unspecified atom stereocenters. The molecule has 1 aliphatic rings. The number of halogens is 3. The van der Waals surface area contributed by atoms with Crippen molar-refractivity contribution in [3.05, 3.63) is 77.7 Å². The first-order valence-corrected chi connectivity index (χ1v) is 11.7. The average molecular weight is 495 g/mol. The van der Waals surface area contributed by atoms with E-state index in [-0.39, 0.29) is 18.4 Å². The maximum Gasteiger partial charge on any atom is 0.416 e. The van der Waals surface area contributed by atoms with Crippen LogP contribution in [-0.4, -0.2) is 38.7 Å². The Bertz CT molecular complexity index is 1380. The van der Waals surface area contributed by atoms with E-state index in [9.17, 15) is 18.0 Å². The fraction of sp³-hybridized carbons (Fsp3) is 0.308. The van der Waals surface area contributed by atoms with Crippen molar-refractivity contribution in [2.24, 2.45) is 5.92 Å². The Kier molecular flexibility index (Phi) is 6.34. The zero-order valence-corrected chi connectivity index (χ0v) is 19.7. The Labute approximate surface area is 206 Å². The molecule has 1 atom stereocenters. The first-order valence-electron chi connectivity index (χ1n) is 11.7. The maximum absolute atomic E-state index is 13.0. The van der Waals surface area contributed by atoms with E-state index in [1.54, 1.807) is 10.7 Å². The number of piperidine rings is 1. The fourth-order valence-electron chi connectivity index (χ4n) is 4.48. The molecule has 1 N–H and O–H groups in total. The molecule has 0 saturated carbocycles. The van der Waals surface area contributed by atoms with Gasteiger partial charge in [0, 0.05) is 25.8 Å². The molecule has 7 nitrogen and oxygen atoms in total. The predicted molar refractivity (Wildman–Crippen MR) is 130 cm³/mol. The SMILES string of the molecule is Cc1ccc(-n2cc3c(N4CCCC(C(=O)NCc5cccc(C(F)(F)F)c5)C4)ncnc3n2)cc1. The number of nitrogens with one attached hydrogen (secondary N) is 1.